The molecule has 6 heteroatoms. The summed E-state index contributed by atoms with van der Waals surface area (Å²) < 4.78 is 18.7. The molecule has 2 amide bonds. The number of nitrogens with one attached hydrogen (secondary N) is 2. The summed E-state index contributed by atoms with van der Waals surface area (Å²) in [4.78, 5) is 24.1. The molecule has 5 nitrogen and oxygen atoms in total. The molecule has 0 saturated carbocycles. The van der Waals surface area contributed by atoms with Gasteiger partial charge >= 0.3 is 6.09 Å². The van der Waals surface area contributed by atoms with Crippen LogP contribution in [0.4, 0.5) is 20.6 Å². The molecule has 0 radical (unpaired) electrons. The van der Waals surface area contributed by atoms with E-state index in [-0.39, 0.29) is 0 Å². The van der Waals surface area contributed by atoms with Crippen molar-refractivity contribution in [1.29, 1.82) is 0 Å². The van der Waals surface area contributed by atoms with Gasteiger partial charge in [-0.25, -0.2) is 9.18 Å². The number of carbonyl (C=O) groups is 2. The Morgan fingerprint density at radius 2 is 1.68 bits per heavy atom. The Labute approximate surface area is 146 Å². The lowest BCUT2D eigenvalue weighted by molar-refractivity contribution is 0.0635. The first-order valence-electron chi connectivity index (χ1n) is 7.81. The monoisotopic (exact) mass is 344 g/mol. The van der Waals surface area contributed by atoms with E-state index in [9.17, 15) is 14.0 Å². The van der Waals surface area contributed by atoms with E-state index in [1.807, 2.05) is 0 Å². The Hall–Kier alpha value is -2.89. The smallest absolute Gasteiger partial charge is 0.412 e. The van der Waals surface area contributed by atoms with Gasteiger partial charge in [-0.3, -0.25) is 10.1 Å². The second-order valence-electron chi connectivity index (χ2n) is 6.63. The summed E-state index contributed by atoms with van der Waals surface area (Å²) in [7, 11) is 0. The van der Waals surface area contributed by atoms with Crippen LogP contribution in [-0.4, -0.2) is 17.6 Å². The van der Waals surface area contributed by atoms with Crippen LogP contribution >= 0.6 is 0 Å². The molecular weight excluding hydrogens is 323 g/mol. The lowest BCUT2D eigenvalue weighted by atomic mass is 10.1. The molecule has 0 aromatic heterocycles. The second-order valence-corrected chi connectivity index (χ2v) is 6.63. The average molecular weight is 344 g/mol. The highest BCUT2D eigenvalue weighted by molar-refractivity contribution is 6.05. The summed E-state index contributed by atoms with van der Waals surface area (Å²) in [5.41, 5.74) is 1.00. The Bertz CT molecular complexity index is 797. The number of benzene rings is 2. The number of amides is 2. The van der Waals surface area contributed by atoms with Crippen LogP contribution in [0.25, 0.3) is 0 Å². The molecule has 0 saturated heterocycles. The molecule has 0 fully saturated rings. The lowest BCUT2D eigenvalue weighted by Gasteiger charge is -2.19. The fourth-order valence-corrected chi connectivity index (χ4v) is 2.03. The first kappa shape index (κ1) is 18.4. The van der Waals surface area contributed by atoms with Gasteiger partial charge in [-0.2, -0.15) is 0 Å². The average Bonchev–Trinajstić information content (AvgIpc) is 2.49. The van der Waals surface area contributed by atoms with Gasteiger partial charge in [-0.05, 0) is 63.6 Å². The van der Waals surface area contributed by atoms with Gasteiger partial charge in [0.25, 0.3) is 5.91 Å². The van der Waals surface area contributed by atoms with Crippen LogP contribution in [0, 0.1) is 12.7 Å². The van der Waals surface area contributed by atoms with E-state index < -0.39 is 23.4 Å². The van der Waals surface area contributed by atoms with E-state index in [1.54, 1.807) is 58.0 Å². The van der Waals surface area contributed by atoms with Crippen molar-refractivity contribution in [3.8, 4) is 0 Å². The van der Waals surface area contributed by atoms with Gasteiger partial charge in [-0.1, -0.05) is 12.1 Å². The minimum absolute atomic E-state index is 0.328. The predicted octanol–water partition coefficient (Wildman–Crippen LogP) is 4.73. The number of carbonyl (C=O) groups excluding carboxylic acids is 2. The van der Waals surface area contributed by atoms with Crippen molar-refractivity contribution >= 4 is 23.4 Å². The topological polar surface area (TPSA) is 67.4 Å². The summed E-state index contributed by atoms with van der Waals surface area (Å²) in [6.45, 7) is 6.93. The number of anilines is 2. The zero-order chi connectivity index (χ0) is 18.6. The van der Waals surface area contributed by atoms with E-state index >= 15 is 0 Å². The molecular formula is C19H21FN2O3. The SMILES string of the molecule is Cc1ccc(NC(=O)c2cccc(NC(=O)OC(C)(C)C)c2)cc1F. The van der Waals surface area contributed by atoms with Crippen molar-refractivity contribution in [2.45, 2.75) is 33.3 Å². The second kappa shape index (κ2) is 7.34. The van der Waals surface area contributed by atoms with Crippen molar-refractivity contribution in [2.24, 2.45) is 0 Å². The molecule has 2 rings (SSSR count). The van der Waals surface area contributed by atoms with Gasteiger partial charge < -0.3 is 10.1 Å². The highest BCUT2D eigenvalue weighted by atomic mass is 19.1. The van der Waals surface area contributed by atoms with Crippen LogP contribution in [0.2, 0.25) is 0 Å². The van der Waals surface area contributed by atoms with Gasteiger partial charge in [0.1, 0.15) is 11.4 Å². The van der Waals surface area contributed by atoms with Gasteiger partial charge in [-0.15, -0.1) is 0 Å². The largest absolute Gasteiger partial charge is 0.444 e. The van der Waals surface area contributed by atoms with Crippen molar-refractivity contribution in [3.63, 3.8) is 0 Å². The van der Waals surface area contributed by atoms with Gasteiger partial charge in [0.2, 0.25) is 0 Å². The molecule has 132 valence electrons. The fourth-order valence-electron chi connectivity index (χ4n) is 2.03. The third kappa shape index (κ3) is 5.60. The predicted molar refractivity (Wildman–Crippen MR) is 95.4 cm³/mol. The van der Waals surface area contributed by atoms with Crippen molar-refractivity contribution < 1.29 is 18.7 Å². The van der Waals surface area contributed by atoms with Crippen molar-refractivity contribution in [2.75, 3.05) is 10.6 Å². The summed E-state index contributed by atoms with van der Waals surface area (Å²) in [5.74, 6) is -0.797. The molecule has 0 unspecified atom stereocenters. The summed E-state index contributed by atoms with van der Waals surface area (Å²) in [6.07, 6.45) is -0.606. The molecule has 0 bridgehead atoms. The van der Waals surface area contributed by atoms with E-state index in [4.69, 9.17) is 4.74 Å². The Morgan fingerprint density at radius 1 is 1.00 bits per heavy atom. The van der Waals surface area contributed by atoms with Crippen LogP contribution in [0.1, 0.15) is 36.7 Å². The number of rotatable bonds is 3. The van der Waals surface area contributed by atoms with E-state index in [0.717, 1.165) is 0 Å². The van der Waals surface area contributed by atoms with Gasteiger partial charge in [0.05, 0.1) is 0 Å². The van der Waals surface area contributed by atoms with Crippen LogP contribution in [0.5, 0.6) is 0 Å². The summed E-state index contributed by atoms with van der Waals surface area (Å²) >= 11 is 0. The number of aryl methyl sites for hydroxylation is 1. The van der Waals surface area contributed by atoms with E-state index in [2.05, 4.69) is 10.6 Å². The fraction of sp³-hybridized carbons (Fsp3) is 0.263. The minimum Gasteiger partial charge on any atom is -0.444 e. The number of hydrogen-bond acceptors (Lipinski definition) is 3. The third-order valence-corrected chi connectivity index (χ3v) is 3.20. The highest BCUT2D eigenvalue weighted by Crippen LogP contribution is 2.17. The molecule has 0 aliphatic rings. The molecule has 0 aliphatic carbocycles. The van der Waals surface area contributed by atoms with Crippen LogP contribution in [0.3, 0.4) is 0 Å². The first-order valence-corrected chi connectivity index (χ1v) is 7.81. The molecule has 2 aromatic carbocycles. The molecule has 0 aliphatic heterocycles. The zero-order valence-corrected chi connectivity index (χ0v) is 14.6. The van der Waals surface area contributed by atoms with Gasteiger partial charge in [0, 0.05) is 16.9 Å². The maximum atomic E-state index is 13.6. The molecule has 2 aromatic rings. The molecule has 2 N–H and O–H groups in total. The Morgan fingerprint density at radius 3 is 2.32 bits per heavy atom. The highest BCUT2D eigenvalue weighted by Gasteiger charge is 2.16. The van der Waals surface area contributed by atoms with Crippen molar-refractivity contribution in [3.05, 3.63) is 59.4 Å². The van der Waals surface area contributed by atoms with E-state index in [1.165, 1.54) is 12.1 Å². The van der Waals surface area contributed by atoms with Crippen LogP contribution < -0.4 is 10.6 Å². The molecule has 0 spiro atoms. The number of hydrogen-bond donors (Lipinski definition) is 2. The zero-order valence-electron chi connectivity index (χ0n) is 14.6. The number of halogens is 1. The minimum atomic E-state index is -0.616. The lowest BCUT2D eigenvalue weighted by Crippen LogP contribution is -2.27. The van der Waals surface area contributed by atoms with E-state index in [0.29, 0.717) is 22.5 Å². The molecule has 0 atom stereocenters. The standard InChI is InChI=1S/C19H21FN2O3/c1-12-8-9-15(11-16(12)20)21-17(23)13-6-5-7-14(10-13)22-18(24)25-19(2,3)4/h5-11H,1-4H3,(H,21,23)(H,22,24). The maximum Gasteiger partial charge on any atom is 0.412 e. The number of ether oxygens (including phenoxy) is 1. The quantitative estimate of drug-likeness (QED) is 0.845. The van der Waals surface area contributed by atoms with Gasteiger partial charge in [0.15, 0.2) is 0 Å². The Kier molecular flexibility index (Phi) is 5.41. The van der Waals surface area contributed by atoms with Crippen LogP contribution in [0.15, 0.2) is 42.5 Å². The molecule has 25 heavy (non-hydrogen) atoms. The maximum absolute atomic E-state index is 13.6. The Balaban J connectivity index is 2.08. The summed E-state index contributed by atoms with van der Waals surface area (Å²) in [6, 6.07) is 10.9. The normalized spacial score (nSPS) is 10.9. The van der Waals surface area contributed by atoms with Crippen molar-refractivity contribution in [1.82, 2.24) is 0 Å². The third-order valence-electron chi connectivity index (χ3n) is 3.20. The first-order chi connectivity index (χ1) is 11.6. The molecule has 0 heterocycles. The summed E-state index contributed by atoms with van der Waals surface area (Å²) in [5, 5.41) is 5.20. The van der Waals surface area contributed by atoms with Crippen LogP contribution in [-0.2, 0) is 4.74 Å².